The lowest BCUT2D eigenvalue weighted by molar-refractivity contribution is 0.590. The van der Waals surface area contributed by atoms with E-state index < -0.39 is 0 Å². The van der Waals surface area contributed by atoms with Crippen LogP contribution in [0.2, 0.25) is 5.02 Å². The molecule has 0 amide bonds. The molecule has 2 heterocycles. The molecular weight excluding hydrogens is 836 g/mol. The van der Waals surface area contributed by atoms with Crippen LogP contribution in [0.25, 0.3) is 16.6 Å². The Hall–Kier alpha value is -7.01. The SMILES string of the molecule is CC(C)(C)c1ccc(N(c2cccc(N(c3ccccc3)c3cc(C(C)(C)C)cc(N(c4ccccc4)c4ccc5ccccn45)c3Cl)c2)c2ccc(C(C)(C)C)cc2-c2ccccc2)cc1. The molecule has 0 unspecified atom stereocenters. The van der Waals surface area contributed by atoms with Crippen LogP contribution >= 0.6 is 11.6 Å². The van der Waals surface area contributed by atoms with Gasteiger partial charge in [-0.1, -0.05) is 171 Å². The van der Waals surface area contributed by atoms with E-state index in [1.165, 1.54) is 22.3 Å². The molecule has 4 nitrogen and oxygen atoms in total. The minimum absolute atomic E-state index is 0.00739. The molecule has 0 N–H and O–H groups in total. The zero-order chi connectivity index (χ0) is 47.1. The highest BCUT2D eigenvalue weighted by molar-refractivity contribution is 6.36. The molecule has 0 saturated heterocycles. The molecule has 0 aliphatic heterocycles. The normalized spacial score (nSPS) is 12.0. The van der Waals surface area contributed by atoms with E-state index in [1.54, 1.807) is 0 Å². The zero-order valence-electron chi connectivity index (χ0n) is 40.3. The smallest absolute Gasteiger partial charge is 0.122 e. The van der Waals surface area contributed by atoms with Crippen LogP contribution in [-0.4, -0.2) is 4.40 Å². The highest BCUT2D eigenvalue weighted by Gasteiger charge is 2.29. The van der Waals surface area contributed by atoms with Gasteiger partial charge in [-0.25, -0.2) is 0 Å². The highest BCUT2D eigenvalue weighted by atomic mass is 35.5. The van der Waals surface area contributed by atoms with Crippen LogP contribution in [0.15, 0.2) is 206 Å². The van der Waals surface area contributed by atoms with Gasteiger partial charge in [0.2, 0.25) is 0 Å². The summed E-state index contributed by atoms with van der Waals surface area (Å²) < 4.78 is 2.23. The Labute approximate surface area is 403 Å². The van der Waals surface area contributed by atoms with Crippen LogP contribution in [0.4, 0.5) is 51.3 Å². The maximum Gasteiger partial charge on any atom is 0.122 e. The number of hydrogen-bond donors (Lipinski definition) is 0. The maximum absolute atomic E-state index is 8.02. The molecule has 0 bridgehead atoms. The van der Waals surface area contributed by atoms with Crippen molar-refractivity contribution < 1.29 is 0 Å². The van der Waals surface area contributed by atoms with E-state index in [2.05, 4.69) is 288 Å². The number of rotatable bonds is 10. The van der Waals surface area contributed by atoms with Crippen LogP contribution in [0.1, 0.15) is 79.0 Å². The Morgan fingerprint density at radius 3 is 1.42 bits per heavy atom. The van der Waals surface area contributed by atoms with Gasteiger partial charge in [-0.05, 0) is 142 Å². The van der Waals surface area contributed by atoms with E-state index in [-0.39, 0.29) is 16.2 Å². The topological polar surface area (TPSA) is 14.1 Å². The molecule has 0 aliphatic carbocycles. The first-order chi connectivity index (χ1) is 32.1. The summed E-state index contributed by atoms with van der Waals surface area (Å²) in [6, 6.07) is 72.1. The number of benzene rings is 7. The van der Waals surface area contributed by atoms with Crippen molar-refractivity contribution in [2.24, 2.45) is 0 Å². The van der Waals surface area contributed by atoms with Crippen molar-refractivity contribution in [2.75, 3.05) is 14.7 Å². The van der Waals surface area contributed by atoms with E-state index >= 15 is 0 Å². The first kappa shape index (κ1) is 45.2. The van der Waals surface area contributed by atoms with E-state index in [0.717, 1.165) is 62.4 Å². The molecule has 9 rings (SSSR count). The monoisotopic (exact) mass is 896 g/mol. The molecule has 0 spiro atoms. The van der Waals surface area contributed by atoms with E-state index in [9.17, 15) is 0 Å². The molecule has 0 saturated carbocycles. The third-order valence-electron chi connectivity index (χ3n) is 12.7. The standard InChI is InChI=1S/C62H61ClN4/c1-60(2,3)45-31-34-51(35-32-45)65(55-37-33-46(61(4,5)6)40-54(55)44-22-13-10-14-23-44)52-29-21-30-53(43-52)66(49-25-15-11-16-26-49)56-41-47(62(7,8)9)42-57(59(56)63)67(50-27-17-12-18-28-50)58-38-36-48-24-19-20-39-64(48)58/h10-43H,1-9H3. The van der Waals surface area contributed by atoms with Crippen LogP contribution in [0, 0.1) is 0 Å². The molecule has 7 aromatic carbocycles. The van der Waals surface area contributed by atoms with Gasteiger partial charge < -0.3 is 14.2 Å². The molecule has 67 heavy (non-hydrogen) atoms. The maximum atomic E-state index is 8.02. The second kappa shape index (κ2) is 18.0. The number of nitrogens with zero attached hydrogens (tertiary/aromatic N) is 4. The summed E-state index contributed by atoms with van der Waals surface area (Å²) in [4.78, 5) is 7.04. The van der Waals surface area contributed by atoms with Crippen molar-refractivity contribution >= 4 is 68.4 Å². The van der Waals surface area contributed by atoms with Gasteiger partial charge in [-0.3, -0.25) is 4.90 Å². The number of anilines is 9. The van der Waals surface area contributed by atoms with Gasteiger partial charge in [0.1, 0.15) is 5.82 Å². The zero-order valence-corrected chi connectivity index (χ0v) is 41.1. The Morgan fingerprint density at radius 2 is 0.836 bits per heavy atom. The number of fused-ring (bicyclic) bond motifs is 1. The van der Waals surface area contributed by atoms with Gasteiger partial charge in [0.15, 0.2) is 0 Å². The average Bonchev–Trinajstić information content (AvgIpc) is 3.74. The third kappa shape index (κ3) is 9.24. The van der Waals surface area contributed by atoms with Gasteiger partial charge in [0, 0.05) is 45.7 Å². The number of aromatic nitrogens is 1. The summed E-state index contributed by atoms with van der Waals surface area (Å²) in [5.41, 5.74) is 14.9. The molecule has 336 valence electrons. The largest absolute Gasteiger partial charge is 0.310 e. The van der Waals surface area contributed by atoms with Crippen LogP contribution in [0.3, 0.4) is 0 Å². The van der Waals surface area contributed by atoms with Gasteiger partial charge in [0.25, 0.3) is 0 Å². The Kier molecular flexibility index (Phi) is 12.1. The fraction of sp³-hybridized carbons (Fsp3) is 0.194. The van der Waals surface area contributed by atoms with Crippen molar-refractivity contribution in [2.45, 2.75) is 78.6 Å². The van der Waals surface area contributed by atoms with Crippen LogP contribution in [0.5, 0.6) is 0 Å². The van der Waals surface area contributed by atoms with Gasteiger partial charge in [-0.15, -0.1) is 0 Å². The predicted octanol–water partition coefficient (Wildman–Crippen LogP) is 18.6. The Morgan fingerprint density at radius 1 is 0.358 bits per heavy atom. The summed E-state index contributed by atoms with van der Waals surface area (Å²) in [6.45, 7) is 20.5. The summed E-state index contributed by atoms with van der Waals surface area (Å²) in [5, 5.41) is 0.635. The fourth-order valence-corrected chi connectivity index (χ4v) is 9.19. The van der Waals surface area contributed by atoms with E-state index in [0.29, 0.717) is 5.02 Å². The summed E-state index contributed by atoms with van der Waals surface area (Å²) >= 11 is 8.02. The minimum atomic E-state index is -0.217. The molecule has 9 aromatic rings. The predicted molar refractivity (Wildman–Crippen MR) is 288 cm³/mol. The lowest BCUT2D eigenvalue weighted by atomic mass is 9.84. The molecule has 0 aliphatic rings. The van der Waals surface area contributed by atoms with Crippen molar-refractivity contribution in [3.05, 3.63) is 228 Å². The summed E-state index contributed by atoms with van der Waals surface area (Å²) in [6.07, 6.45) is 2.12. The number of para-hydroxylation sites is 2. The lowest BCUT2D eigenvalue weighted by Crippen LogP contribution is -2.19. The molecule has 0 atom stereocenters. The van der Waals surface area contributed by atoms with Crippen molar-refractivity contribution in [3.8, 4) is 11.1 Å². The van der Waals surface area contributed by atoms with E-state index in [1.807, 2.05) is 0 Å². The summed E-state index contributed by atoms with van der Waals surface area (Å²) in [5.74, 6) is 0.994. The average molecular weight is 898 g/mol. The number of hydrogen-bond acceptors (Lipinski definition) is 3. The Bertz CT molecular complexity index is 3130. The van der Waals surface area contributed by atoms with Gasteiger partial charge in [0.05, 0.1) is 22.1 Å². The van der Waals surface area contributed by atoms with Gasteiger partial charge >= 0.3 is 0 Å². The summed E-state index contributed by atoms with van der Waals surface area (Å²) in [7, 11) is 0. The van der Waals surface area contributed by atoms with E-state index in [4.69, 9.17) is 11.6 Å². The lowest BCUT2D eigenvalue weighted by Gasteiger charge is -2.34. The molecule has 5 heteroatoms. The number of pyridine rings is 1. The second-order valence-electron chi connectivity index (χ2n) is 20.6. The third-order valence-corrected chi connectivity index (χ3v) is 13.1. The molecule has 0 fully saturated rings. The number of halogens is 1. The van der Waals surface area contributed by atoms with Crippen LogP contribution < -0.4 is 14.7 Å². The van der Waals surface area contributed by atoms with Crippen molar-refractivity contribution in [1.82, 2.24) is 4.40 Å². The minimum Gasteiger partial charge on any atom is -0.310 e. The fourth-order valence-electron chi connectivity index (χ4n) is 8.91. The van der Waals surface area contributed by atoms with Crippen molar-refractivity contribution in [1.29, 1.82) is 0 Å². The van der Waals surface area contributed by atoms with Crippen LogP contribution in [-0.2, 0) is 16.2 Å². The molecule has 0 radical (unpaired) electrons. The van der Waals surface area contributed by atoms with Crippen molar-refractivity contribution in [3.63, 3.8) is 0 Å². The highest BCUT2D eigenvalue weighted by Crippen LogP contribution is 2.51. The quantitative estimate of drug-likeness (QED) is 0.136. The Balaban J connectivity index is 1.29. The second-order valence-corrected chi connectivity index (χ2v) is 21.0. The first-order valence-corrected chi connectivity index (χ1v) is 23.8. The van der Waals surface area contributed by atoms with Gasteiger partial charge in [-0.2, -0.15) is 0 Å². The molecular formula is C62H61ClN4. The molecule has 2 aromatic heterocycles. The first-order valence-electron chi connectivity index (χ1n) is 23.4.